The Hall–Kier alpha value is -0.610. The van der Waals surface area contributed by atoms with E-state index in [9.17, 15) is 10.0 Å². The molecule has 0 fully saturated rings. The van der Waals surface area contributed by atoms with E-state index in [2.05, 4.69) is 12.2 Å². The smallest absolute Gasteiger partial charge is 0.219 e. The molecule has 0 atom stereocenters. The Morgan fingerprint density at radius 3 is 2.50 bits per heavy atom. The summed E-state index contributed by atoms with van der Waals surface area (Å²) in [5.74, 6) is 0.126. The van der Waals surface area contributed by atoms with E-state index in [0.717, 1.165) is 24.7 Å². The molecule has 0 aliphatic heterocycles. The molecule has 0 radical (unpaired) electrons. The molecule has 4 nitrogen and oxygen atoms in total. The molecule has 0 unspecified atom stereocenters. The third-order valence-corrected chi connectivity index (χ3v) is 2.58. The number of nitrogens with one attached hydrogen (secondary N) is 1. The molecule has 0 heterocycles. The molecular weight excluding hydrogens is 204 g/mol. The van der Waals surface area contributed by atoms with Crippen LogP contribution in [-0.2, 0) is 4.79 Å². The second kappa shape index (κ2) is 12.5. The Morgan fingerprint density at radius 1 is 1.12 bits per heavy atom. The van der Waals surface area contributed by atoms with Crippen LogP contribution in [-0.4, -0.2) is 19.0 Å². The zero-order chi connectivity index (χ0) is 12.1. The van der Waals surface area contributed by atoms with E-state index in [1.807, 2.05) is 0 Å². The van der Waals surface area contributed by atoms with Crippen molar-refractivity contribution >= 4 is 5.91 Å². The molecule has 0 aliphatic carbocycles. The topological polar surface area (TPSA) is 68.8 Å². The SMILES string of the molecule is CCCCCCCCC(=O)NCCC[NH2+][O-]. The molecule has 0 spiro atoms. The largest absolute Gasteiger partial charge is 0.636 e. The molecular formula is C12H26N2O2. The van der Waals surface area contributed by atoms with Gasteiger partial charge >= 0.3 is 0 Å². The fraction of sp³-hybridized carbons (Fsp3) is 0.917. The second-order valence-electron chi connectivity index (χ2n) is 4.18. The van der Waals surface area contributed by atoms with E-state index in [4.69, 9.17) is 0 Å². The first-order valence-corrected chi connectivity index (χ1v) is 6.51. The van der Waals surface area contributed by atoms with Crippen LogP contribution in [0.2, 0.25) is 0 Å². The number of rotatable bonds is 11. The third kappa shape index (κ3) is 11.5. The van der Waals surface area contributed by atoms with Crippen LogP contribution in [0.25, 0.3) is 0 Å². The summed E-state index contributed by atoms with van der Waals surface area (Å²) in [6.45, 7) is 3.37. The van der Waals surface area contributed by atoms with E-state index in [1.54, 1.807) is 0 Å². The van der Waals surface area contributed by atoms with Gasteiger partial charge in [0.25, 0.3) is 0 Å². The maximum Gasteiger partial charge on any atom is 0.219 e. The first-order chi connectivity index (χ1) is 7.81. The number of unbranched alkanes of at least 4 members (excludes halogenated alkanes) is 5. The summed E-state index contributed by atoms with van der Waals surface area (Å²) in [4.78, 5) is 11.3. The predicted molar refractivity (Wildman–Crippen MR) is 65.8 cm³/mol. The minimum atomic E-state index is 0.126. The fourth-order valence-electron chi connectivity index (χ4n) is 1.57. The highest BCUT2D eigenvalue weighted by atomic mass is 16.5. The molecule has 0 bridgehead atoms. The van der Waals surface area contributed by atoms with Gasteiger partial charge in [-0.2, -0.15) is 0 Å². The van der Waals surface area contributed by atoms with Crippen molar-refractivity contribution in [2.45, 2.75) is 58.3 Å². The van der Waals surface area contributed by atoms with Crippen LogP contribution < -0.4 is 10.8 Å². The average molecular weight is 230 g/mol. The summed E-state index contributed by atoms with van der Waals surface area (Å²) in [5, 5.41) is 12.9. The zero-order valence-electron chi connectivity index (χ0n) is 10.5. The van der Waals surface area contributed by atoms with E-state index >= 15 is 0 Å². The zero-order valence-corrected chi connectivity index (χ0v) is 10.5. The molecule has 4 heteroatoms. The number of hydrogen-bond acceptors (Lipinski definition) is 2. The van der Waals surface area contributed by atoms with Crippen molar-refractivity contribution in [2.75, 3.05) is 13.1 Å². The monoisotopic (exact) mass is 230 g/mol. The maximum absolute atomic E-state index is 11.3. The van der Waals surface area contributed by atoms with Crippen LogP contribution in [0.1, 0.15) is 58.3 Å². The van der Waals surface area contributed by atoms with Crippen molar-refractivity contribution in [3.8, 4) is 0 Å². The van der Waals surface area contributed by atoms with Crippen LogP contribution in [0.15, 0.2) is 0 Å². The van der Waals surface area contributed by atoms with Gasteiger partial charge in [0.15, 0.2) is 0 Å². The molecule has 1 amide bonds. The summed E-state index contributed by atoms with van der Waals surface area (Å²) in [6.07, 6.45) is 8.63. The van der Waals surface area contributed by atoms with E-state index in [-0.39, 0.29) is 5.91 Å². The van der Waals surface area contributed by atoms with Gasteiger partial charge in [-0.15, -0.1) is 0 Å². The van der Waals surface area contributed by atoms with Gasteiger partial charge in [0.2, 0.25) is 5.91 Å². The van der Waals surface area contributed by atoms with E-state index in [0.29, 0.717) is 19.5 Å². The maximum atomic E-state index is 11.3. The Kier molecular flexibility index (Phi) is 12.0. The lowest BCUT2D eigenvalue weighted by molar-refractivity contribution is -0.588. The van der Waals surface area contributed by atoms with Gasteiger partial charge in [0.05, 0.1) is 6.54 Å². The Bertz CT molecular complexity index is 163. The van der Waals surface area contributed by atoms with Crippen LogP contribution in [0.5, 0.6) is 0 Å². The van der Waals surface area contributed by atoms with Crippen LogP contribution in [0.4, 0.5) is 0 Å². The van der Waals surface area contributed by atoms with Crippen molar-refractivity contribution in [2.24, 2.45) is 0 Å². The van der Waals surface area contributed by atoms with Gasteiger partial charge in [-0.1, -0.05) is 39.0 Å². The summed E-state index contributed by atoms with van der Waals surface area (Å²) in [5.41, 5.74) is 0.889. The van der Waals surface area contributed by atoms with Crippen molar-refractivity contribution in [3.63, 3.8) is 0 Å². The number of nitrogens with two attached hydrogens (primary N) is 1. The average Bonchev–Trinajstić information content (AvgIpc) is 2.29. The summed E-state index contributed by atoms with van der Waals surface area (Å²) >= 11 is 0. The minimum Gasteiger partial charge on any atom is -0.636 e. The molecule has 16 heavy (non-hydrogen) atoms. The van der Waals surface area contributed by atoms with Crippen LogP contribution in [0, 0.1) is 5.21 Å². The standard InChI is InChI=1S/C12H26N2O2/c1-2-3-4-5-6-7-9-12(15)13-10-8-11-14-16/h2-11,14H2,1H3,(H,13,15). The molecule has 96 valence electrons. The van der Waals surface area contributed by atoms with Gasteiger partial charge in [-0.05, 0) is 6.42 Å². The molecule has 0 saturated heterocycles. The van der Waals surface area contributed by atoms with Crippen molar-refractivity contribution in [3.05, 3.63) is 5.21 Å². The van der Waals surface area contributed by atoms with Crippen LogP contribution >= 0.6 is 0 Å². The lowest BCUT2D eigenvalue weighted by Crippen LogP contribution is -2.77. The molecule has 0 aromatic rings. The lowest BCUT2D eigenvalue weighted by Gasteiger charge is -2.05. The third-order valence-electron chi connectivity index (χ3n) is 2.58. The van der Waals surface area contributed by atoms with Crippen molar-refractivity contribution in [1.29, 1.82) is 0 Å². The fourth-order valence-corrected chi connectivity index (χ4v) is 1.57. The Balaban J connectivity index is 3.11. The second-order valence-corrected chi connectivity index (χ2v) is 4.18. The molecule has 3 N–H and O–H groups in total. The summed E-state index contributed by atoms with van der Waals surface area (Å²) in [7, 11) is 0. The van der Waals surface area contributed by atoms with Gasteiger partial charge in [0, 0.05) is 19.4 Å². The van der Waals surface area contributed by atoms with E-state index < -0.39 is 0 Å². The predicted octanol–water partition coefficient (Wildman–Crippen LogP) is 1.30. The molecule has 0 aromatic carbocycles. The minimum absolute atomic E-state index is 0.126. The molecule has 0 rings (SSSR count). The number of amides is 1. The normalized spacial score (nSPS) is 10.4. The van der Waals surface area contributed by atoms with Gasteiger partial charge in [-0.25, -0.2) is 0 Å². The van der Waals surface area contributed by atoms with E-state index in [1.165, 1.54) is 25.7 Å². The molecule has 0 saturated carbocycles. The highest BCUT2D eigenvalue weighted by Gasteiger charge is 1.99. The summed E-state index contributed by atoms with van der Waals surface area (Å²) in [6, 6.07) is 0. The highest BCUT2D eigenvalue weighted by molar-refractivity contribution is 5.75. The Labute approximate surface area is 98.8 Å². The van der Waals surface area contributed by atoms with Crippen molar-refractivity contribution < 1.29 is 10.3 Å². The number of hydrogen-bond donors (Lipinski definition) is 2. The summed E-state index contributed by atoms with van der Waals surface area (Å²) < 4.78 is 0. The van der Waals surface area contributed by atoms with Gasteiger partial charge < -0.3 is 16.0 Å². The Morgan fingerprint density at radius 2 is 1.81 bits per heavy atom. The van der Waals surface area contributed by atoms with Gasteiger partial charge in [0.1, 0.15) is 0 Å². The number of hydroxylamine groups is 1. The van der Waals surface area contributed by atoms with Gasteiger partial charge in [-0.3, -0.25) is 4.79 Å². The first-order valence-electron chi connectivity index (χ1n) is 6.51. The highest BCUT2D eigenvalue weighted by Crippen LogP contribution is 2.06. The number of carbonyl (C=O) groups excluding carboxylic acids is 1. The first kappa shape index (κ1) is 15.4. The quantitative estimate of drug-likeness (QED) is 0.415. The molecule has 0 aromatic heterocycles. The number of quaternary nitrogens is 1. The van der Waals surface area contributed by atoms with Crippen molar-refractivity contribution in [1.82, 2.24) is 5.32 Å². The lowest BCUT2D eigenvalue weighted by atomic mass is 10.1. The van der Waals surface area contributed by atoms with Crippen LogP contribution in [0.3, 0.4) is 0 Å². The number of carbonyl (C=O) groups is 1. The molecule has 0 aliphatic rings.